The molecule has 1 aliphatic carbocycles. The van der Waals surface area contributed by atoms with Crippen LogP contribution in [0.1, 0.15) is 36.8 Å². The number of aromatic nitrogens is 1. The molecular formula is C19H26N4O. The van der Waals surface area contributed by atoms with Crippen molar-refractivity contribution in [2.45, 2.75) is 44.6 Å². The lowest BCUT2D eigenvalue weighted by atomic mass is 9.86. The fourth-order valence-electron chi connectivity index (χ4n) is 4.15. The average molecular weight is 326 g/mol. The Morgan fingerprint density at radius 2 is 2.08 bits per heavy atom. The van der Waals surface area contributed by atoms with Gasteiger partial charge in [0.25, 0.3) is 6.02 Å². The standard InChI is InChI=1S/C19H26N4O/c1-2-20-19(24-17-13-23-9-7-14(17)8-10-23)22-18-11-15-5-3-4-6-16(15)12-21-18/h2,11-12,14,17H,1,3-10,13H2,(H,20,21,22)/t17-/m0/s1. The topological polar surface area (TPSA) is 49.8 Å². The molecule has 128 valence electrons. The Morgan fingerprint density at radius 3 is 2.79 bits per heavy atom. The van der Waals surface area contributed by atoms with Crippen molar-refractivity contribution >= 4 is 11.8 Å². The van der Waals surface area contributed by atoms with Crippen LogP contribution in [-0.4, -0.2) is 41.6 Å². The highest BCUT2D eigenvalue weighted by Gasteiger charge is 2.36. The highest BCUT2D eigenvalue weighted by atomic mass is 16.5. The van der Waals surface area contributed by atoms with Crippen molar-refractivity contribution in [3.05, 3.63) is 36.2 Å². The SMILES string of the molecule is C=CN=C(Nc1cc2c(cn1)CCCC2)O[C@H]1CN2CCC1CC2. The van der Waals surface area contributed by atoms with E-state index in [4.69, 9.17) is 4.74 Å². The molecular weight excluding hydrogens is 300 g/mol. The van der Waals surface area contributed by atoms with Crippen LogP contribution in [0.5, 0.6) is 0 Å². The number of nitrogens with zero attached hydrogens (tertiary/aromatic N) is 3. The molecule has 0 saturated carbocycles. The van der Waals surface area contributed by atoms with E-state index in [9.17, 15) is 0 Å². The maximum Gasteiger partial charge on any atom is 0.295 e. The molecule has 24 heavy (non-hydrogen) atoms. The van der Waals surface area contributed by atoms with Gasteiger partial charge in [0.05, 0.1) is 0 Å². The quantitative estimate of drug-likeness (QED) is 0.685. The van der Waals surface area contributed by atoms with E-state index in [1.54, 1.807) is 0 Å². The van der Waals surface area contributed by atoms with Crippen molar-refractivity contribution in [1.82, 2.24) is 9.88 Å². The Labute approximate surface area is 143 Å². The van der Waals surface area contributed by atoms with Crippen LogP contribution >= 0.6 is 0 Å². The summed E-state index contributed by atoms with van der Waals surface area (Å²) in [5.41, 5.74) is 2.78. The molecule has 1 aromatic rings. The first kappa shape index (κ1) is 15.6. The minimum atomic E-state index is 0.219. The molecule has 5 nitrogen and oxygen atoms in total. The summed E-state index contributed by atoms with van der Waals surface area (Å²) < 4.78 is 6.20. The number of hydrogen-bond acceptors (Lipinski definition) is 4. The Balaban J connectivity index is 1.46. The van der Waals surface area contributed by atoms with Crippen molar-refractivity contribution < 1.29 is 4.74 Å². The molecule has 0 radical (unpaired) electrons. The van der Waals surface area contributed by atoms with E-state index in [0.29, 0.717) is 11.9 Å². The predicted molar refractivity (Wildman–Crippen MR) is 96.2 cm³/mol. The molecule has 3 fully saturated rings. The van der Waals surface area contributed by atoms with E-state index in [0.717, 1.165) is 25.2 Å². The molecule has 0 unspecified atom stereocenters. The maximum atomic E-state index is 6.20. The van der Waals surface area contributed by atoms with E-state index in [-0.39, 0.29) is 6.10 Å². The summed E-state index contributed by atoms with van der Waals surface area (Å²) in [5.74, 6) is 1.46. The van der Waals surface area contributed by atoms with Gasteiger partial charge < -0.3 is 4.74 Å². The largest absolute Gasteiger partial charge is 0.460 e. The molecule has 0 aromatic carbocycles. The smallest absolute Gasteiger partial charge is 0.295 e. The van der Waals surface area contributed by atoms with Crippen LogP contribution in [0.25, 0.3) is 0 Å². The van der Waals surface area contributed by atoms with E-state index in [2.05, 4.69) is 32.8 Å². The van der Waals surface area contributed by atoms with Gasteiger partial charge in [-0.2, -0.15) is 0 Å². The number of rotatable bonds is 3. The fourth-order valence-corrected chi connectivity index (χ4v) is 4.15. The van der Waals surface area contributed by atoms with Crippen LogP contribution in [0, 0.1) is 5.92 Å². The number of pyridine rings is 1. The van der Waals surface area contributed by atoms with Crippen LogP contribution < -0.4 is 5.32 Å². The normalized spacial score (nSPS) is 29.0. The lowest BCUT2D eigenvalue weighted by molar-refractivity contribution is -0.0146. The maximum absolute atomic E-state index is 6.20. The molecule has 4 heterocycles. The molecule has 1 atom stereocenters. The van der Waals surface area contributed by atoms with Crippen molar-refractivity contribution in [1.29, 1.82) is 0 Å². The minimum Gasteiger partial charge on any atom is -0.460 e. The monoisotopic (exact) mass is 326 g/mol. The number of aliphatic imine (C=N–C) groups is 1. The van der Waals surface area contributed by atoms with Gasteiger partial charge in [-0.05, 0) is 74.7 Å². The summed E-state index contributed by atoms with van der Waals surface area (Å²) in [7, 11) is 0. The lowest BCUT2D eigenvalue weighted by Crippen LogP contribution is -2.52. The van der Waals surface area contributed by atoms with Gasteiger partial charge in [0.1, 0.15) is 11.9 Å². The van der Waals surface area contributed by atoms with E-state index < -0.39 is 0 Å². The first-order valence-electron chi connectivity index (χ1n) is 9.14. The molecule has 3 aliphatic heterocycles. The first-order valence-corrected chi connectivity index (χ1v) is 9.14. The first-order chi connectivity index (χ1) is 11.8. The number of nitrogens with one attached hydrogen (secondary N) is 1. The molecule has 4 aliphatic rings. The molecule has 2 bridgehead atoms. The second kappa shape index (κ2) is 6.93. The van der Waals surface area contributed by atoms with Crippen LogP contribution in [0.15, 0.2) is 30.0 Å². The third kappa shape index (κ3) is 3.31. The van der Waals surface area contributed by atoms with Crippen LogP contribution in [0.4, 0.5) is 5.82 Å². The second-order valence-corrected chi connectivity index (χ2v) is 7.08. The van der Waals surface area contributed by atoms with Crippen molar-refractivity contribution in [2.24, 2.45) is 10.9 Å². The van der Waals surface area contributed by atoms with Gasteiger partial charge in [0, 0.05) is 18.9 Å². The Kier molecular flexibility index (Phi) is 4.52. The number of piperidine rings is 3. The number of hydrogen-bond donors (Lipinski definition) is 1. The number of amidine groups is 1. The van der Waals surface area contributed by atoms with E-state index in [1.807, 2.05) is 6.20 Å². The Bertz CT molecular complexity index is 634. The lowest BCUT2D eigenvalue weighted by Gasteiger charge is -2.44. The average Bonchev–Trinajstić information content (AvgIpc) is 2.63. The summed E-state index contributed by atoms with van der Waals surface area (Å²) in [6.45, 7) is 7.13. The summed E-state index contributed by atoms with van der Waals surface area (Å²) in [6.07, 6.45) is 11.0. The third-order valence-electron chi connectivity index (χ3n) is 5.53. The summed E-state index contributed by atoms with van der Waals surface area (Å²) in [5, 5.41) is 3.26. The third-order valence-corrected chi connectivity index (χ3v) is 5.53. The molecule has 1 aromatic heterocycles. The summed E-state index contributed by atoms with van der Waals surface area (Å²) in [6, 6.07) is 2.67. The fraction of sp³-hybridized carbons (Fsp3) is 0.579. The van der Waals surface area contributed by atoms with Gasteiger partial charge in [0.15, 0.2) is 0 Å². The molecule has 0 amide bonds. The summed E-state index contributed by atoms with van der Waals surface area (Å²) in [4.78, 5) is 11.3. The van der Waals surface area contributed by atoms with Crippen LogP contribution in [0.2, 0.25) is 0 Å². The highest BCUT2D eigenvalue weighted by Crippen LogP contribution is 2.30. The number of ether oxygens (including phenoxy) is 1. The van der Waals surface area contributed by atoms with Crippen molar-refractivity contribution in [2.75, 3.05) is 25.0 Å². The molecule has 5 rings (SSSR count). The van der Waals surface area contributed by atoms with Gasteiger partial charge in [-0.25, -0.2) is 9.98 Å². The van der Waals surface area contributed by atoms with E-state index in [1.165, 1.54) is 56.1 Å². The van der Waals surface area contributed by atoms with Gasteiger partial charge in [0.2, 0.25) is 0 Å². The summed E-state index contributed by atoms with van der Waals surface area (Å²) >= 11 is 0. The molecule has 1 N–H and O–H groups in total. The Hall–Kier alpha value is -1.88. The Morgan fingerprint density at radius 1 is 1.29 bits per heavy atom. The highest BCUT2D eigenvalue weighted by molar-refractivity contribution is 5.88. The van der Waals surface area contributed by atoms with Crippen LogP contribution in [-0.2, 0) is 17.6 Å². The molecule has 5 heteroatoms. The second-order valence-electron chi connectivity index (χ2n) is 7.08. The minimum absolute atomic E-state index is 0.219. The van der Waals surface area contributed by atoms with E-state index >= 15 is 0 Å². The molecule has 3 saturated heterocycles. The number of fused-ring (bicyclic) bond motifs is 4. The predicted octanol–water partition coefficient (Wildman–Crippen LogP) is 2.98. The van der Waals surface area contributed by atoms with Gasteiger partial charge >= 0.3 is 0 Å². The van der Waals surface area contributed by atoms with Crippen molar-refractivity contribution in [3.63, 3.8) is 0 Å². The van der Waals surface area contributed by atoms with Gasteiger partial charge in [-0.1, -0.05) is 6.58 Å². The van der Waals surface area contributed by atoms with Gasteiger partial charge in [-0.15, -0.1) is 0 Å². The van der Waals surface area contributed by atoms with Crippen molar-refractivity contribution in [3.8, 4) is 0 Å². The molecule has 0 spiro atoms. The number of aryl methyl sites for hydroxylation is 2. The zero-order chi connectivity index (χ0) is 16.4. The van der Waals surface area contributed by atoms with Crippen LogP contribution in [0.3, 0.4) is 0 Å². The number of anilines is 1. The zero-order valence-electron chi connectivity index (χ0n) is 14.2. The van der Waals surface area contributed by atoms with Gasteiger partial charge in [-0.3, -0.25) is 10.2 Å². The zero-order valence-corrected chi connectivity index (χ0v) is 14.2.